The van der Waals surface area contributed by atoms with E-state index in [0.29, 0.717) is 17.3 Å². The van der Waals surface area contributed by atoms with Crippen molar-refractivity contribution in [2.45, 2.75) is 38.8 Å². The number of aromatic nitrogens is 4. The van der Waals surface area contributed by atoms with Gasteiger partial charge in [-0.25, -0.2) is 14.8 Å². The van der Waals surface area contributed by atoms with E-state index in [4.69, 9.17) is 10.5 Å². The zero-order valence-electron chi connectivity index (χ0n) is 17.3. The molecule has 0 bridgehead atoms. The lowest BCUT2D eigenvalue weighted by Crippen LogP contribution is -2.54. The number of primary amides is 1. The Hall–Kier alpha value is -3.63. The van der Waals surface area contributed by atoms with Gasteiger partial charge in [0, 0.05) is 25.8 Å². The third-order valence-electron chi connectivity index (χ3n) is 4.81. The van der Waals surface area contributed by atoms with Crippen molar-refractivity contribution in [3.8, 4) is 0 Å². The molecule has 0 aliphatic carbocycles. The first-order valence-electron chi connectivity index (χ1n) is 9.57. The monoisotopic (exact) mass is 414 g/mol. The van der Waals surface area contributed by atoms with E-state index < -0.39 is 12.0 Å². The number of nitrogens with two attached hydrogens (primary N) is 1. The minimum Gasteiger partial charge on any atom is -0.416 e. The first-order chi connectivity index (χ1) is 14.2. The second kappa shape index (κ2) is 8.80. The fourth-order valence-electron chi connectivity index (χ4n) is 3.41. The van der Waals surface area contributed by atoms with Gasteiger partial charge in [0.1, 0.15) is 5.82 Å². The lowest BCUT2D eigenvalue weighted by atomic mass is 9.97. The van der Waals surface area contributed by atoms with Gasteiger partial charge in [0.2, 0.25) is 0 Å². The van der Waals surface area contributed by atoms with E-state index in [-0.39, 0.29) is 23.6 Å². The van der Waals surface area contributed by atoms with E-state index in [1.807, 2.05) is 11.8 Å². The van der Waals surface area contributed by atoms with Crippen molar-refractivity contribution in [2.24, 2.45) is 12.8 Å². The van der Waals surface area contributed by atoms with Crippen LogP contribution in [0, 0.1) is 0 Å². The summed E-state index contributed by atoms with van der Waals surface area (Å²) >= 11 is 0. The van der Waals surface area contributed by atoms with Gasteiger partial charge >= 0.3 is 6.09 Å². The molecule has 2 amide bonds. The van der Waals surface area contributed by atoms with Crippen molar-refractivity contribution in [2.75, 3.05) is 16.8 Å². The van der Waals surface area contributed by atoms with E-state index >= 15 is 0 Å². The van der Waals surface area contributed by atoms with Crippen LogP contribution in [0.5, 0.6) is 0 Å². The van der Waals surface area contributed by atoms with Crippen molar-refractivity contribution in [1.29, 1.82) is 0 Å². The molecule has 1 fully saturated rings. The summed E-state index contributed by atoms with van der Waals surface area (Å²) in [4.78, 5) is 34.6. The zero-order valence-corrected chi connectivity index (χ0v) is 17.3. The molecule has 0 unspecified atom stereocenters. The molecule has 2 aromatic heterocycles. The summed E-state index contributed by atoms with van der Waals surface area (Å²) in [5, 5.41) is 10.0. The van der Waals surface area contributed by atoms with Crippen molar-refractivity contribution in [3.05, 3.63) is 36.6 Å². The largest absolute Gasteiger partial charge is 0.416 e. The average Bonchev–Trinajstić information content (AvgIpc) is 3.07. The summed E-state index contributed by atoms with van der Waals surface area (Å²) in [6, 6.07) is -0.214. The first-order valence-corrected chi connectivity index (χ1v) is 9.57. The predicted octanol–water partition coefficient (Wildman–Crippen LogP) is 1.67. The van der Waals surface area contributed by atoms with E-state index in [2.05, 4.69) is 32.3 Å². The molecule has 0 spiro atoms. The van der Waals surface area contributed by atoms with E-state index in [9.17, 15) is 9.59 Å². The Morgan fingerprint density at radius 2 is 2.13 bits per heavy atom. The molecule has 1 aliphatic rings. The molecule has 11 heteroatoms. The third kappa shape index (κ3) is 4.85. The van der Waals surface area contributed by atoms with Crippen molar-refractivity contribution >= 4 is 29.3 Å². The maximum atomic E-state index is 12.0. The Bertz CT molecular complexity index is 957. The summed E-state index contributed by atoms with van der Waals surface area (Å²) in [7, 11) is 1.78. The number of hydrogen-bond acceptors (Lipinski definition) is 8. The number of nitrogens with one attached hydrogen (secondary N) is 2. The first kappa shape index (κ1) is 21.1. The van der Waals surface area contributed by atoms with Crippen molar-refractivity contribution in [1.82, 2.24) is 25.1 Å². The smallest absolute Gasteiger partial charge is 0.412 e. The highest BCUT2D eigenvalue weighted by atomic mass is 16.6. The lowest BCUT2D eigenvalue weighted by molar-refractivity contribution is 0.0996. The molecule has 0 saturated carbocycles. The van der Waals surface area contributed by atoms with Gasteiger partial charge in [-0.3, -0.25) is 9.48 Å². The fourth-order valence-corrected chi connectivity index (χ4v) is 3.41. The van der Waals surface area contributed by atoms with Gasteiger partial charge in [0.25, 0.3) is 5.91 Å². The van der Waals surface area contributed by atoms with Gasteiger partial charge in [-0.2, -0.15) is 5.10 Å². The number of allylic oxidation sites excluding steroid dienone is 1. The second-order valence-electron chi connectivity index (χ2n) is 7.24. The van der Waals surface area contributed by atoms with Crippen LogP contribution in [-0.2, 0) is 11.8 Å². The molecular weight excluding hydrogens is 388 g/mol. The number of aryl methyl sites for hydroxylation is 1. The molecule has 2 aromatic rings. The SMILES string of the molecule is C=C(C)OC(=O)N[C@@H]1CCCN(c2cnc(C(N)=O)c(Nc3cnn(C)c3)n2)[C@@H]1C. The standard InChI is InChI=1S/C19H26N8O3/c1-11(2)30-19(29)24-14-6-5-7-27(12(14)3)15-9-21-16(17(20)28)18(25-15)23-13-8-22-26(4)10-13/h8-10,12,14H,1,5-7H2,2-4H3,(H2,20,28)(H,23,25)(H,24,29)/t12-,14-/m1/s1. The highest BCUT2D eigenvalue weighted by molar-refractivity contribution is 5.96. The number of hydrogen-bond donors (Lipinski definition) is 3. The van der Waals surface area contributed by atoms with Gasteiger partial charge in [0.15, 0.2) is 11.5 Å². The molecule has 1 aliphatic heterocycles. The summed E-state index contributed by atoms with van der Waals surface area (Å²) in [6.07, 6.45) is 5.98. The van der Waals surface area contributed by atoms with Crippen LogP contribution in [0.1, 0.15) is 37.2 Å². The summed E-state index contributed by atoms with van der Waals surface area (Å²) < 4.78 is 6.63. The minimum absolute atomic E-state index is 0.0342. The quantitative estimate of drug-likeness (QED) is 0.606. The van der Waals surface area contributed by atoms with Crippen LogP contribution < -0.4 is 21.3 Å². The van der Waals surface area contributed by atoms with E-state index in [0.717, 1.165) is 19.4 Å². The normalized spacial score (nSPS) is 18.6. The highest BCUT2D eigenvalue weighted by Crippen LogP contribution is 2.26. The predicted molar refractivity (Wildman–Crippen MR) is 111 cm³/mol. The van der Waals surface area contributed by atoms with Crippen LogP contribution in [-0.4, -0.2) is 50.4 Å². The Kier molecular flexibility index (Phi) is 6.19. The topological polar surface area (TPSA) is 140 Å². The Morgan fingerprint density at radius 3 is 2.77 bits per heavy atom. The summed E-state index contributed by atoms with van der Waals surface area (Å²) in [6.45, 7) is 7.91. The molecule has 3 heterocycles. The van der Waals surface area contributed by atoms with Crippen LogP contribution in [0.2, 0.25) is 0 Å². The zero-order chi connectivity index (χ0) is 21.8. The Morgan fingerprint density at radius 1 is 1.37 bits per heavy atom. The molecule has 0 radical (unpaired) electrons. The van der Waals surface area contributed by atoms with Gasteiger partial charge in [-0.05, 0) is 26.7 Å². The molecule has 160 valence electrons. The molecule has 0 aromatic carbocycles. The minimum atomic E-state index is -0.686. The number of carbonyl (C=O) groups excluding carboxylic acids is 2. The summed E-state index contributed by atoms with van der Waals surface area (Å²) in [5.41, 5.74) is 6.15. The highest BCUT2D eigenvalue weighted by Gasteiger charge is 2.31. The van der Waals surface area contributed by atoms with Gasteiger partial charge in [-0.15, -0.1) is 0 Å². The van der Waals surface area contributed by atoms with Gasteiger partial charge in [-0.1, -0.05) is 6.58 Å². The molecule has 30 heavy (non-hydrogen) atoms. The number of piperidine rings is 1. The molecule has 11 nitrogen and oxygen atoms in total. The molecule has 4 N–H and O–H groups in total. The maximum Gasteiger partial charge on any atom is 0.412 e. The molecule has 2 atom stereocenters. The number of amides is 2. The number of ether oxygens (including phenoxy) is 1. The number of nitrogens with zero attached hydrogens (tertiary/aromatic N) is 5. The van der Waals surface area contributed by atoms with Crippen LogP contribution in [0.15, 0.2) is 30.9 Å². The van der Waals surface area contributed by atoms with E-state index in [1.165, 1.54) is 6.20 Å². The number of alkyl carbamates (subject to hydrolysis) is 1. The third-order valence-corrected chi connectivity index (χ3v) is 4.81. The van der Waals surface area contributed by atoms with Gasteiger partial charge in [0.05, 0.1) is 29.9 Å². The van der Waals surface area contributed by atoms with Crippen LogP contribution in [0.3, 0.4) is 0 Å². The number of rotatable bonds is 6. The maximum absolute atomic E-state index is 12.0. The number of anilines is 3. The van der Waals surface area contributed by atoms with Crippen molar-refractivity contribution in [3.63, 3.8) is 0 Å². The van der Waals surface area contributed by atoms with Crippen LogP contribution in [0.25, 0.3) is 0 Å². The van der Waals surface area contributed by atoms with Crippen molar-refractivity contribution < 1.29 is 14.3 Å². The Balaban J connectivity index is 1.83. The van der Waals surface area contributed by atoms with Gasteiger partial charge < -0.3 is 26.0 Å². The molecule has 1 saturated heterocycles. The van der Waals surface area contributed by atoms with E-state index in [1.54, 1.807) is 31.0 Å². The average molecular weight is 414 g/mol. The molecule has 3 rings (SSSR count). The summed E-state index contributed by atoms with van der Waals surface area (Å²) in [5.74, 6) is 0.455. The second-order valence-corrected chi connectivity index (χ2v) is 7.24. The lowest BCUT2D eigenvalue weighted by Gasteiger charge is -2.40. The Labute approximate surface area is 174 Å². The molecular formula is C19H26N8O3. The van der Waals surface area contributed by atoms with Crippen LogP contribution in [0.4, 0.5) is 22.1 Å². The number of carbonyl (C=O) groups is 2. The fraction of sp³-hybridized carbons (Fsp3) is 0.421. The van der Waals surface area contributed by atoms with Crippen LogP contribution >= 0.6 is 0 Å².